The number of carbonyl (C=O) groups is 1. The molecule has 0 spiro atoms. The molecule has 0 radical (unpaired) electrons. The normalized spacial score (nSPS) is 11.0. The molecule has 0 aliphatic rings. The van der Waals surface area contributed by atoms with E-state index in [2.05, 4.69) is 10.3 Å². The molecule has 0 bridgehead atoms. The maximum atomic E-state index is 13.3. The van der Waals surface area contributed by atoms with E-state index in [0.717, 1.165) is 4.31 Å². The van der Waals surface area contributed by atoms with Crippen molar-refractivity contribution in [3.8, 4) is 5.75 Å². The van der Waals surface area contributed by atoms with E-state index in [1.165, 1.54) is 69.0 Å². The van der Waals surface area contributed by atoms with Crippen LogP contribution in [0.25, 0.3) is 0 Å². The molecule has 0 fully saturated rings. The lowest BCUT2D eigenvalue weighted by Crippen LogP contribution is -2.30. The van der Waals surface area contributed by atoms with E-state index in [4.69, 9.17) is 4.74 Å². The van der Waals surface area contributed by atoms with Gasteiger partial charge in [0, 0.05) is 19.7 Å². The third-order valence-corrected chi connectivity index (χ3v) is 6.25. The van der Waals surface area contributed by atoms with Gasteiger partial charge in [-0.15, -0.1) is 0 Å². The van der Waals surface area contributed by atoms with E-state index in [9.17, 15) is 17.6 Å². The highest BCUT2D eigenvalue weighted by atomic mass is 32.2. The van der Waals surface area contributed by atoms with E-state index in [0.29, 0.717) is 11.3 Å². The molecule has 3 rings (SSSR count). The Bertz CT molecular complexity index is 1170. The molecule has 1 aromatic heterocycles. The Morgan fingerprint density at radius 3 is 2.63 bits per heavy atom. The fourth-order valence-corrected chi connectivity index (χ4v) is 4.14. The predicted octanol–water partition coefficient (Wildman–Crippen LogP) is 2.98. The standard InChI is InChI=1S/C21H20FN3O4S/c1-25(17-11-18(29-2)14-23-13-17)30(27,28)20-9-4-3-8-19(20)21(26)24-12-15-6-5-7-16(22)10-15/h3-11,13-14H,12H2,1-2H3,(H,24,26). The topological polar surface area (TPSA) is 88.6 Å². The van der Waals surface area contributed by atoms with Gasteiger partial charge in [0.1, 0.15) is 16.5 Å². The van der Waals surface area contributed by atoms with Crippen molar-refractivity contribution in [1.29, 1.82) is 0 Å². The van der Waals surface area contributed by atoms with Gasteiger partial charge in [-0.2, -0.15) is 0 Å². The Balaban J connectivity index is 1.88. The molecule has 0 atom stereocenters. The van der Waals surface area contributed by atoms with Gasteiger partial charge in [-0.3, -0.25) is 14.1 Å². The quantitative estimate of drug-likeness (QED) is 0.624. The number of aromatic nitrogens is 1. The number of hydrogen-bond acceptors (Lipinski definition) is 5. The minimum absolute atomic E-state index is 0.0170. The van der Waals surface area contributed by atoms with Gasteiger partial charge < -0.3 is 10.1 Å². The minimum Gasteiger partial charge on any atom is -0.495 e. The van der Waals surface area contributed by atoms with Crippen LogP contribution < -0.4 is 14.4 Å². The number of ether oxygens (including phenoxy) is 1. The summed E-state index contributed by atoms with van der Waals surface area (Å²) in [5.41, 5.74) is 0.823. The third-order valence-electron chi connectivity index (χ3n) is 4.41. The monoisotopic (exact) mass is 429 g/mol. The molecule has 1 heterocycles. The number of nitrogens with zero attached hydrogens (tertiary/aromatic N) is 2. The summed E-state index contributed by atoms with van der Waals surface area (Å²) in [6.45, 7) is 0.0562. The minimum atomic E-state index is -4.07. The maximum absolute atomic E-state index is 13.3. The number of pyridine rings is 1. The average molecular weight is 429 g/mol. The summed E-state index contributed by atoms with van der Waals surface area (Å²) in [5, 5.41) is 2.63. The van der Waals surface area contributed by atoms with Crippen LogP contribution in [0.2, 0.25) is 0 Å². The molecule has 1 amide bonds. The first-order valence-corrected chi connectivity index (χ1v) is 10.4. The van der Waals surface area contributed by atoms with Gasteiger partial charge in [0.25, 0.3) is 15.9 Å². The van der Waals surface area contributed by atoms with Gasteiger partial charge in [-0.1, -0.05) is 24.3 Å². The van der Waals surface area contributed by atoms with E-state index in [1.807, 2.05) is 0 Å². The molecule has 30 heavy (non-hydrogen) atoms. The molecule has 0 saturated heterocycles. The number of nitrogens with one attached hydrogen (secondary N) is 1. The predicted molar refractivity (Wildman–Crippen MR) is 110 cm³/mol. The van der Waals surface area contributed by atoms with Gasteiger partial charge in [-0.25, -0.2) is 12.8 Å². The summed E-state index contributed by atoms with van der Waals surface area (Å²) in [6.07, 6.45) is 2.84. The third kappa shape index (κ3) is 4.57. The molecule has 7 nitrogen and oxygen atoms in total. The highest BCUT2D eigenvalue weighted by Crippen LogP contribution is 2.26. The maximum Gasteiger partial charge on any atom is 0.264 e. The summed E-state index contributed by atoms with van der Waals surface area (Å²) in [6, 6.07) is 13.2. The second-order valence-electron chi connectivity index (χ2n) is 6.36. The first-order chi connectivity index (χ1) is 14.3. The van der Waals surface area contributed by atoms with Crippen LogP contribution in [0.5, 0.6) is 5.75 Å². The zero-order valence-electron chi connectivity index (χ0n) is 16.4. The Labute approximate surface area is 174 Å². The number of hydrogen-bond donors (Lipinski definition) is 1. The van der Waals surface area contributed by atoms with Crippen molar-refractivity contribution < 1.29 is 22.3 Å². The van der Waals surface area contributed by atoms with Crippen LogP contribution in [0.15, 0.2) is 71.9 Å². The Morgan fingerprint density at radius 1 is 1.13 bits per heavy atom. The zero-order valence-corrected chi connectivity index (χ0v) is 17.2. The van der Waals surface area contributed by atoms with Crippen LogP contribution in [-0.4, -0.2) is 33.5 Å². The van der Waals surface area contributed by atoms with Crippen LogP contribution in [-0.2, 0) is 16.6 Å². The molecule has 1 N–H and O–H groups in total. The second kappa shape index (κ2) is 8.91. The number of carbonyl (C=O) groups excluding carboxylic acids is 1. The summed E-state index contributed by atoms with van der Waals surface area (Å²) >= 11 is 0. The lowest BCUT2D eigenvalue weighted by molar-refractivity contribution is 0.0947. The van der Waals surface area contributed by atoms with Gasteiger partial charge in [0.05, 0.1) is 30.8 Å². The summed E-state index contributed by atoms with van der Waals surface area (Å²) in [7, 11) is -1.25. The Hall–Kier alpha value is -3.46. The highest BCUT2D eigenvalue weighted by Gasteiger charge is 2.27. The fourth-order valence-electron chi connectivity index (χ4n) is 2.78. The number of rotatable bonds is 7. The Kier molecular flexibility index (Phi) is 6.31. The number of methoxy groups -OCH3 is 1. The van der Waals surface area contributed by atoms with Crippen molar-refractivity contribution >= 4 is 21.6 Å². The summed E-state index contributed by atoms with van der Waals surface area (Å²) < 4.78 is 45.9. The van der Waals surface area contributed by atoms with Gasteiger partial charge in [0.2, 0.25) is 0 Å². The van der Waals surface area contributed by atoms with Crippen LogP contribution in [0, 0.1) is 5.82 Å². The molecular formula is C21H20FN3O4S. The molecule has 9 heteroatoms. The highest BCUT2D eigenvalue weighted by molar-refractivity contribution is 7.92. The van der Waals surface area contributed by atoms with Crippen molar-refractivity contribution in [2.24, 2.45) is 0 Å². The van der Waals surface area contributed by atoms with Crippen molar-refractivity contribution in [3.63, 3.8) is 0 Å². The number of benzene rings is 2. The molecule has 0 aliphatic heterocycles. The smallest absolute Gasteiger partial charge is 0.264 e. The van der Waals surface area contributed by atoms with Gasteiger partial charge in [0.15, 0.2) is 0 Å². The van der Waals surface area contributed by atoms with Crippen LogP contribution in [0.4, 0.5) is 10.1 Å². The van der Waals surface area contributed by atoms with Crippen LogP contribution in [0.1, 0.15) is 15.9 Å². The average Bonchev–Trinajstić information content (AvgIpc) is 2.77. The number of amides is 1. The van der Waals surface area contributed by atoms with Crippen LogP contribution >= 0.6 is 0 Å². The first kappa shape index (κ1) is 21.3. The van der Waals surface area contributed by atoms with Gasteiger partial charge in [-0.05, 0) is 29.8 Å². The van der Waals surface area contributed by atoms with E-state index in [1.54, 1.807) is 12.1 Å². The Morgan fingerprint density at radius 2 is 1.90 bits per heavy atom. The molecule has 156 valence electrons. The molecule has 0 saturated carbocycles. The lowest BCUT2D eigenvalue weighted by Gasteiger charge is -2.21. The number of sulfonamides is 1. The van der Waals surface area contributed by atoms with E-state index < -0.39 is 21.7 Å². The van der Waals surface area contributed by atoms with Crippen molar-refractivity contribution in [1.82, 2.24) is 10.3 Å². The van der Waals surface area contributed by atoms with Crippen molar-refractivity contribution in [2.45, 2.75) is 11.4 Å². The van der Waals surface area contributed by atoms with E-state index >= 15 is 0 Å². The molecule has 2 aromatic carbocycles. The largest absolute Gasteiger partial charge is 0.495 e. The van der Waals surface area contributed by atoms with Crippen molar-refractivity contribution in [3.05, 3.63) is 83.9 Å². The summed E-state index contributed by atoms with van der Waals surface area (Å²) in [5.74, 6) is -0.607. The summed E-state index contributed by atoms with van der Waals surface area (Å²) in [4.78, 5) is 16.5. The molecular weight excluding hydrogens is 409 g/mol. The molecule has 0 aliphatic carbocycles. The number of halogens is 1. The fraction of sp³-hybridized carbons (Fsp3) is 0.143. The second-order valence-corrected chi connectivity index (χ2v) is 8.30. The van der Waals surface area contributed by atoms with Gasteiger partial charge >= 0.3 is 0 Å². The number of anilines is 1. The van der Waals surface area contributed by atoms with Crippen LogP contribution in [0.3, 0.4) is 0 Å². The lowest BCUT2D eigenvalue weighted by atomic mass is 10.2. The SMILES string of the molecule is COc1cncc(N(C)S(=O)(=O)c2ccccc2C(=O)NCc2cccc(F)c2)c1. The molecule has 0 unspecified atom stereocenters. The zero-order chi connectivity index (χ0) is 21.7. The first-order valence-electron chi connectivity index (χ1n) is 8.92. The molecule has 3 aromatic rings. The van der Waals surface area contributed by atoms with E-state index in [-0.39, 0.29) is 22.7 Å². The van der Waals surface area contributed by atoms with Crippen molar-refractivity contribution in [2.75, 3.05) is 18.5 Å².